The summed E-state index contributed by atoms with van der Waals surface area (Å²) >= 11 is 0. The zero-order chi connectivity index (χ0) is 13.0. The van der Waals surface area contributed by atoms with Gasteiger partial charge in [0.25, 0.3) is 0 Å². The van der Waals surface area contributed by atoms with Gasteiger partial charge < -0.3 is 5.32 Å². The number of benzene rings is 1. The van der Waals surface area contributed by atoms with Crippen molar-refractivity contribution in [2.75, 3.05) is 6.54 Å². The summed E-state index contributed by atoms with van der Waals surface area (Å²) in [4.78, 5) is 0. The maximum absolute atomic E-state index is 13.8. The second-order valence-electron chi connectivity index (χ2n) is 4.09. The Balaban J connectivity index is 2.31. The highest BCUT2D eigenvalue weighted by Gasteiger charge is 2.13. The van der Waals surface area contributed by atoms with E-state index in [2.05, 4.69) is 27.8 Å². The molecule has 96 valence electrons. The highest BCUT2D eigenvalue weighted by Crippen LogP contribution is 2.17. The molecule has 0 aliphatic carbocycles. The van der Waals surface area contributed by atoms with Crippen LogP contribution in [0.2, 0.25) is 0 Å². The molecule has 1 aromatic carbocycles. The molecule has 1 aromatic heterocycles. The van der Waals surface area contributed by atoms with Crippen molar-refractivity contribution in [2.24, 2.45) is 0 Å². The van der Waals surface area contributed by atoms with Crippen LogP contribution >= 0.6 is 0 Å². The van der Waals surface area contributed by atoms with E-state index in [1.165, 1.54) is 10.7 Å². The quantitative estimate of drug-likeness (QED) is 0.818. The van der Waals surface area contributed by atoms with Gasteiger partial charge in [0.05, 0.1) is 6.54 Å². The Hall–Kier alpha value is -1.82. The van der Waals surface area contributed by atoms with Crippen LogP contribution < -0.4 is 5.32 Å². The molecule has 0 aliphatic rings. The highest BCUT2D eigenvalue weighted by molar-refractivity contribution is 5.41. The normalized spacial score (nSPS) is 10.8. The van der Waals surface area contributed by atoms with E-state index in [4.69, 9.17) is 0 Å². The summed E-state index contributed by atoms with van der Waals surface area (Å²) < 4.78 is 15.3. The number of para-hydroxylation sites is 1. The van der Waals surface area contributed by atoms with Crippen LogP contribution in [0.25, 0.3) is 5.69 Å². The van der Waals surface area contributed by atoms with Crippen LogP contribution in [-0.2, 0) is 6.54 Å². The monoisotopic (exact) mass is 249 g/mol. The Bertz CT molecular complexity index is 503. The summed E-state index contributed by atoms with van der Waals surface area (Å²) in [6.45, 7) is 5.32. The van der Waals surface area contributed by atoms with E-state index < -0.39 is 0 Å². The number of halogens is 1. The first-order valence-electron chi connectivity index (χ1n) is 5.97. The summed E-state index contributed by atoms with van der Waals surface area (Å²) in [5.41, 5.74) is 1.22. The largest absolute Gasteiger partial charge is 0.310 e. The molecule has 0 fully saturated rings. The molecule has 0 spiro atoms. The van der Waals surface area contributed by atoms with Crippen molar-refractivity contribution in [2.45, 2.75) is 26.8 Å². The van der Waals surface area contributed by atoms with Crippen molar-refractivity contribution >= 4 is 0 Å². The Kier molecular flexibility index (Phi) is 3.99. The molecule has 0 saturated heterocycles. The number of nitrogens with zero attached hydrogens (tertiary/aromatic N) is 4. The first-order valence-corrected chi connectivity index (χ1v) is 5.97. The zero-order valence-corrected chi connectivity index (χ0v) is 10.5. The van der Waals surface area contributed by atoms with Crippen LogP contribution in [0.5, 0.6) is 0 Å². The minimum atomic E-state index is -0.320. The molecule has 0 radical (unpaired) electrons. The molecule has 2 rings (SSSR count). The van der Waals surface area contributed by atoms with Crippen molar-refractivity contribution in [1.29, 1.82) is 0 Å². The molecule has 0 bridgehead atoms. The summed E-state index contributed by atoms with van der Waals surface area (Å²) in [5, 5.41) is 14.6. The van der Waals surface area contributed by atoms with Gasteiger partial charge in [-0.25, -0.2) is 4.39 Å². The summed E-state index contributed by atoms with van der Waals surface area (Å²) in [6, 6.07) is 4.92. The maximum Gasteiger partial charge on any atom is 0.170 e. The van der Waals surface area contributed by atoms with Gasteiger partial charge in [0.1, 0.15) is 11.5 Å². The minimum Gasteiger partial charge on any atom is -0.310 e. The first-order chi connectivity index (χ1) is 8.74. The smallest absolute Gasteiger partial charge is 0.170 e. The van der Waals surface area contributed by atoms with Crippen LogP contribution in [0, 0.1) is 12.7 Å². The second-order valence-corrected chi connectivity index (χ2v) is 4.09. The Labute approximate surface area is 105 Å². The molecule has 0 atom stereocenters. The van der Waals surface area contributed by atoms with E-state index >= 15 is 0 Å². The lowest BCUT2D eigenvalue weighted by Crippen LogP contribution is -2.18. The molecular weight excluding hydrogens is 233 g/mol. The van der Waals surface area contributed by atoms with E-state index in [1.54, 1.807) is 6.07 Å². The molecule has 18 heavy (non-hydrogen) atoms. The fraction of sp³-hybridized carbons (Fsp3) is 0.417. The summed E-state index contributed by atoms with van der Waals surface area (Å²) in [7, 11) is 0. The van der Waals surface area contributed by atoms with Gasteiger partial charge in [-0.2, -0.15) is 4.68 Å². The maximum atomic E-state index is 13.8. The Morgan fingerprint density at radius 3 is 2.94 bits per heavy atom. The Morgan fingerprint density at radius 2 is 2.22 bits per heavy atom. The van der Waals surface area contributed by atoms with Gasteiger partial charge in [-0.3, -0.25) is 0 Å². The molecule has 0 aliphatic heterocycles. The number of aromatic nitrogens is 4. The molecule has 2 aromatic rings. The number of aryl methyl sites for hydroxylation is 1. The molecule has 0 saturated carbocycles. The van der Waals surface area contributed by atoms with Crippen LogP contribution in [0.4, 0.5) is 4.39 Å². The second kappa shape index (κ2) is 5.68. The van der Waals surface area contributed by atoms with Gasteiger partial charge in [-0.05, 0) is 41.9 Å². The third-order valence-electron chi connectivity index (χ3n) is 2.64. The number of hydrogen-bond acceptors (Lipinski definition) is 4. The topological polar surface area (TPSA) is 55.6 Å². The number of tetrazole rings is 1. The molecule has 1 N–H and O–H groups in total. The molecule has 0 amide bonds. The lowest BCUT2D eigenvalue weighted by molar-refractivity contribution is 0.588. The first kappa shape index (κ1) is 12.6. The molecule has 6 heteroatoms. The predicted molar refractivity (Wildman–Crippen MR) is 65.8 cm³/mol. The van der Waals surface area contributed by atoms with E-state index in [9.17, 15) is 4.39 Å². The molecule has 0 unspecified atom stereocenters. The van der Waals surface area contributed by atoms with Crippen LogP contribution in [0.15, 0.2) is 18.2 Å². The summed E-state index contributed by atoms with van der Waals surface area (Å²) in [6.07, 6.45) is 1.03. The van der Waals surface area contributed by atoms with Crippen molar-refractivity contribution in [3.05, 3.63) is 35.4 Å². The number of rotatable bonds is 5. The van der Waals surface area contributed by atoms with Crippen LogP contribution in [0.3, 0.4) is 0 Å². The Morgan fingerprint density at radius 1 is 1.39 bits per heavy atom. The van der Waals surface area contributed by atoms with Gasteiger partial charge in [0.2, 0.25) is 0 Å². The van der Waals surface area contributed by atoms with Crippen LogP contribution in [0.1, 0.15) is 24.7 Å². The van der Waals surface area contributed by atoms with Crippen LogP contribution in [-0.4, -0.2) is 26.8 Å². The fourth-order valence-corrected chi connectivity index (χ4v) is 1.76. The molecular formula is C12H16FN5. The lowest BCUT2D eigenvalue weighted by Gasteiger charge is -2.09. The van der Waals surface area contributed by atoms with Crippen molar-refractivity contribution in [3.8, 4) is 5.69 Å². The molecule has 1 heterocycles. The van der Waals surface area contributed by atoms with Gasteiger partial charge in [0.15, 0.2) is 5.82 Å². The lowest BCUT2D eigenvalue weighted by atomic mass is 10.2. The van der Waals surface area contributed by atoms with Crippen molar-refractivity contribution in [1.82, 2.24) is 25.5 Å². The van der Waals surface area contributed by atoms with Gasteiger partial charge in [-0.1, -0.05) is 19.1 Å². The van der Waals surface area contributed by atoms with E-state index in [0.29, 0.717) is 18.1 Å². The fourth-order valence-electron chi connectivity index (χ4n) is 1.76. The minimum absolute atomic E-state index is 0.320. The van der Waals surface area contributed by atoms with Gasteiger partial charge >= 0.3 is 0 Å². The van der Waals surface area contributed by atoms with E-state index in [-0.39, 0.29) is 5.82 Å². The average Bonchev–Trinajstić information content (AvgIpc) is 2.78. The standard InChI is InChI=1S/C12H16FN5/c1-3-7-14-8-11-15-16-17-18(11)12-9(2)5-4-6-10(12)13/h4-6,14H,3,7-8H2,1-2H3. The zero-order valence-electron chi connectivity index (χ0n) is 10.5. The van der Waals surface area contributed by atoms with Crippen molar-refractivity contribution < 1.29 is 4.39 Å². The number of hydrogen-bond donors (Lipinski definition) is 1. The molecule has 5 nitrogen and oxygen atoms in total. The number of nitrogens with one attached hydrogen (secondary N) is 1. The highest BCUT2D eigenvalue weighted by atomic mass is 19.1. The predicted octanol–water partition coefficient (Wildman–Crippen LogP) is 1.61. The average molecular weight is 249 g/mol. The van der Waals surface area contributed by atoms with Gasteiger partial charge in [0, 0.05) is 0 Å². The van der Waals surface area contributed by atoms with Crippen molar-refractivity contribution in [3.63, 3.8) is 0 Å². The third kappa shape index (κ3) is 2.53. The summed E-state index contributed by atoms with van der Waals surface area (Å²) in [5.74, 6) is 0.288. The van der Waals surface area contributed by atoms with E-state index in [0.717, 1.165) is 18.5 Å². The van der Waals surface area contributed by atoms with Gasteiger partial charge in [-0.15, -0.1) is 5.10 Å². The van der Waals surface area contributed by atoms with E-state index in [1.807, 2.05) is 13.0 Å². The third-order valence-corrected chi connectivity index (χ3v) is 2.64. The SMILES string of the molecule is CCCNCc1nnnn1-c1c(C)cccc1F.